The molecule has 4 aliphatic rings. The van der Waals surface area contributed by atoms with E-state index in [2.05, 4.69) is 42.0 Å². The number of allylic oxidation sites excluding steroid dienone is 1. The van der Waals surface area contributed by atoms with Crippen LogP contribution in [-0.2, 0) is 20.7 Å². The molecule has 1 amide bonds. The number of unbranched alkanes of at least 4 members (excludes halogenated alkanes) is 11. The Hall–Kier alpha value is -3.42. The highest BCUT2D eigenvalue weighted by Gasteiger charge is 2.64. The van der Waals surface area contributed by atoms with E-state index in [4.69, 9.17) is 28.9 Å². The lowest BCUT2D eigenvalue weighted by Gasteiger charge is -2.58. The van der Waals surface area contributed by atoms with Gasteiger partial charge in [-0.1, -0.05) is 94.9 Å². The molecule has 7 atom stereocenters. The number of hydrogen-bond donors (Lipinski definition) is 3. The minimum absolute atomic E-state index is 0.107. The zero-order valence-electron chi connectivity index (χ0n) is 38.6. The lowest BCUT2D eigenvalue weighted by molar-refractivity contribution is -0.223. The second-order valence-electron chi connectivity index (χ2n) is 18.1. The highest BCUT2D eigenvalue weighted by molar-refractivity contribution is 8.00. The van der Waals surface area contributed by atoms with Crippen LogP contribution in [0, 0.1) is 17.8 Å². The lowest BCUT2D eigenvalue weighted by atomic mass is 9.56. The van der Waals surface area contributed by atoms with Gasteiger partial charge in [0.05, 0.1) is 30.1 Å². The predicted octanol–water partition coefficient (Wildman–Crippen LogP) is 11.2. The number of benzene rings is 1. The summed E-state index contributed by atoms with van der Waals surface area (Å²) in [7, 11) is 0. The van der Waals surface area contributed by atoms with Crippen molar-refractivity contribution in [3.8, 4) is 11.5 Å². The van der Waals surface area contributed by atoms with Gasteiger partial charge in [-0.3, -0.25) is 4.98 Å². The quantitative estimate of drug-likeness (QED) is 0.0410. The Bertz CT molecular complexity index is 1760. The number of hydrogen-bond acceptors (Lipinski definition) is 11. The molecule has 354 valence electrons. The van der Waals surface area contributed by atoms with Crippen molar-refractivity contribution in [2.24, 2.45) is 22.9 Å². The van der Waals surface area contributed by atoms with E-state index < -0.39 is 18.2 Å². The van der Waals surface area contributed by atoms with Gasteiger partial charge in [0.1, 0.15) is 11.5 Å². The van der Waals surface area contributed by atoms with Crippen LogP contribution >= 0.6 is 11.8 Å². The van der Waals surface area contributed by atoms with Gasteiger partial charge in [0.25, 0.3) is 0 Å². The number of aliphatic hydroxyl groups is 2. The first kappa shape index (κ1) is 50.0. The summed E-state index contributed by atoms with van der Waals surface area (Å²) in [5, 5.41) is 27.7. The average Bonchev–Trinajstić information content (AvgIpc) is 3.31. The van der Waals surface area contributed by atoms with Gasteiger partial charge < -0.3 is 39.3 Å². The maximum atomic E-state index is 13.3. The fraction of sp³-hybridized carbons (Fsp3) is 0.673. The Morgan fingerprint density at radius 3 is 2.44 bits per heavy atom. The van der Waals surface area contributed by atoms with E-state index in [9.17, 15) is 15.0 Å². The molecule has 0 radical (unpaired) electrons. The lowest BCUT2D eigenvalue weighted by Crippen LogP contribution is -2.64. The molecule has 1 aromatic carbocycles. The van der Waals surface area contributed by atoms with E-state index >= 15 is 0 Å². The molecule has 2 aliphatic carbocycles. The number of oxime groups is 1. The number of amides is 1. The Labute approximate surface area is 387 Å². The van der Waals surface area contributed by atoms with Gasteiger partial charge in [0, 0.05) is 56.5 Å². The third kappa shape index (κ3) is 14.0. The van der Waals surface area contributed by atoms with Crippen LogP contribution < -0.4 is 14.8 Å². The fourth-order valence-corrected chi connectivity index (χ4v) is 11.7. The van der Waals surface area contributed by atoms with E-state index in [0.29, 0.717) is 44.8 Å². The van der Waals surface area contributed by atoms with Gasteiger partial charge in [0.15, 0.2) is 0 Å². The number of rotatable bonds is 29. The molecular formula is C52H77N3O8S. The molecule has 3 N–H and O–H groups in total. The summed E-state index contributed by atoms with van der Waals surface area (Å²) >= 11 is 1.84. The van der Waals surface area contributed by atoms with Crippen LogP contribution in [0.3, 0.4) is 0 Å². The number of aromatic nitrogens is 1. The molecule has 1 aromatic heterocycles. The molecule has 7 unspecified atom stereocenters. The van der Waals surface area contributed by atoms with Gasteiger partial charge in [0.2, 0.25) is 12.1 Å². The standard InChI is InChI=1S/C52H77N3O8S/c1-3-5-6-7-8-9-10-11-12-16-28-54-51(58)61-41-23-24-46-44(37-41)49-42(21-14-18-32-57)40(20-13-17-31-56)36-43-45(55-63-48-22-15-19-34-59-48)38-47(52(62-46,50(43)49)60-33-4-2)64-35-27-39-25-29-53-30-26-39/h4,23-26,29-30,36-37,40,42,47-50,56-57H,2-3,5-22,27-28,31-35,38H2,1H3,(H,54,58). The van der Waals surface area contributed by atoms with Crippen LogP contribution in [0.2, 0.25) is 0 Å². The van der Waals surface area contributed by atoms with Crippen LogP contribution in [0.15, 0.2) is 72.2 Å². The summed E-state index contributed by atoms with van der Waals surface area (Å²) in [6.45, 7) is 8.11. The van der Waals surface area contributed by atoms with Crippen molar-refractivity contribution in [3.63, 3.8) is 0 Å². The maximum Gasteiger partial charge on any atom is 0.412 e. The van der Waals surface area contributed by atoms with Crippen molar-refractivity contribution >= 4 is 23.6 Å². The molecule has 64 heavy (non-hydrogen) atoms. The van der Waals surface area contributed by atoms with Crippen LogP contribution in [0.25, 0.3) is 0 Å². The number of thioether (sulfide) groups is 1. The van der Waals surface area contributed by atoms with E-state index in [0.717, 1.165) is 92.6 Å². The number of fused-ring (bicyclic) bond motifs is 2. The Balaban J connectivity index is 1.31. The average molecular weight is 904 g/mol. The molecular weight excluding hydrogens is 827 g/mol. The van der Waals surface area contributed by atoms with E-state index in [1.54, 1.807) is 6.08 Å². The minimum Gasteiger partial charge on any atom is -0.460 e. The van der Waals surface area contributed by atoms with Crippen molar-refractivity contribution in [1.29, 1.82) is 0 Å². The molecule has 3 heterocycles. The first-order valence-electron chi connectivity index (χ1n) is 24.8. The smallest absolute Gasteiger partial charge is 0.412 e. The Morgan fingerprint density at radius 2 is 1.72 bits per heavy atom. The molecule has 2 aromatic rings. The molecule has 0 bridgehead atoms. The molecule has 2 fully saturated rings. The fourth-order valence-electron chi connectivity index (χ4n) is 10.3. The van der Waals surface area contributed by atoms with Gasteiger partial charge in [-0.05, 0) is 110 Å². The number of aryl methyl sites for hydroxylation is 1. The SMILES string of the molecule is C=CCOC12Oc3ccc(OC(=O)NCCCCCCCCCCCC)cc3C3C(CCCCO)C(CCCCO)C=C(C(=NOC4CCCCO4)CC1SCCc1ccncc1)C32. The van der Waals surface area contributed by atoms with E-state index in [1.165, 1.54) is 56.9 Å². The van der Waals surface area contributed by atoms with Gasteiger partial charge in [-0.2, -0.15) is 11.8 Å². The zero-order chi connectivity index (χ0) is 44.8. The summed E-state index contributed by atoms with van der Waals surface area (Å²) in [5.74, 6) is 0.822. The number of ether oxygens (including phenoxy) is 4. The predicted molar refractivity (Wildman–Crippen MR) is 256 cm³/mol. The molecule has 1 saturated carbocycles. The minimum atomic E-state index is -1.08. The molecule has 0 spiro atoms. The summed E-state index contributed by atoms with van der Waals surface area (Å²) in [5.41, 5.74) is 4.14. The van der Waals surface area contributed by atoms with Crippen LogP contribution in [0.5, 0.6) is 11.5 Å². The van der Waals surface area contributed by atoms with Gasteiger partial charge in [-0.15, -0.1) is 6.58 Å². The van der Waals surface area contributed by atoms with Crippen molar-refractivity contribution in [3.05, 3.63) is 78.2 Å². The molecule has 2 aliphatic heterocycles. The Kier molecular flexibility index (Phi) is 21.3. The van der Waals surface area contributed by atoms with Gasteiger partial charge in [-0.25, -0.2) is 4.79 Å². The number of pyridine rings is 1. The summed E-state index contributed by atoms with van der Waals surface area (Å²) < 4.78 is 26.4. The van der Waals surface area contributed by atoms with Crippen molar-refractivity contribution in [1.82, 2.24) is 10.3 Å². The van der Waals surface area contributed by atoms with Gasteiger partial charge >= 0.3 is 6.09 Å². The molecule has 11 nitrogen and oxygen atoms in total. The summed E-state index contributed by atoms with van der Waals surface area (Å²) in [6.07, 6.45) is 28.5. The molecule has 6 rings (SSSR count). The number of nitrogens with zero attached hydrogens (tertiary/aromatic N) is 2. The number of nitrogens with one attached hydrogen (secondary N) is 1. The normalized spacial score (nSPS) is 25.4. The first-order chi connectivity index (χ1) is 31.5. The third-order valence-corrected chi connectivity index (χ3v) is 14.8. The number of carbonyl (C=O) groups is 1. The highest BCUT2D eigenvalue weighted by Crippen LogP contribution is 2.62. The van der Waals surface area contributed by atoms with Crippen molar-refractivity contribution < 1.29 is 38.8 Å². The monoisotopic (exact) mass is 904 g/mol. The first-order valence-corrected chi connectivity index (χ1v) is 25.9. The Morgan fingerprint density at radius 1 is 0.969 bits per heavy atom. The van der Waals surface area contributed by atoms with Crippen LogP contribution in [0.1, 0.15) is 152 Å². The van der Waals surface area contributed by atoms with Crippen LogP contribution in [-0.4, -0.2) is 83.1 Å². The summed E-state index contributed by atoms with van der Waals surface area (Å²) in [4.78, 5) is 23.8. The molecule has 1 saturated heterocycles. The maximum absolute atomic E-state index is 13.3. The van der Waals surface area contributed by atoms with E-state index in [1.807, 2.05) is 42.4 Å². The largest absolute Gasteiger partial charge is 0.460 e. The zero-order valence-corrected chi connectivity index (χ0v) is 39.4. The van der Waals surface area contributed by atoms with Crippen molar-refractivity contribution in [2.45, 2.75) is 165 Å². The van der Waals surface area contributed by atoms with Crippen LogP contribution in [0.4, 0.5) is 4.79 Å². The second-order valence-corrected chi connectivity index (χ2v) is 19.4. The highest BCUT2D eigenvalue weighted by atomic mass is 32.2. The summed E-state index contributed by atoms with van der Waals surface area (Å²) in [6, 6.07) is 9.92. The second kappa shape index (κ2) is 27.3. The number of aliphatic hydroxyl groups excluding tert-OH is 2. The topological polar surface area (TPSA) is 141 Å². The number of carbonyl (C=O) groups excluding carboxylic acids is 1. The third-order valence-electron chi connectivity index (χ3n) is 13.5. The van der Waals surface area contributed by atoms with E-state index in [-0.39, 0.29) is 42.1 Å². The molecule has 12 heteroatoms. The van der Waals surface area contributed by atoms with Crippen molar-refractivity contribution in [2.75, 3.05) is 38.7 Å².